The van der Waals surface area contributed by atoms with E-state index in [2.05, 4.69) is 47.9 Å². The van der Waals surface area contributed by atoms with E-state index in [1.165, 1.54) is 4.68 Å². The molecule has 4 aromatic rings. The Morgan fingerprint density at radius 3 is 2.21 bits per heavy atom. The van der Waals surface area contributed by atoms with Crippen molar-refractivity contribution in [2.24, 2.45) is 0 Å². The van der Waals surface area contributed by atoms with Gasteiger partial charge in [-0.15, -0.1) is 0 Å². The minimum Gasteiger partial charge on any atom is -0.320 e. The number of aryl methyl sites for hydroxylation is 1. The summed E-state index contributed by atoms with van der Waals surface area (Å²) in [7, 11) is 0. The van der Waals surface area contributed by atoms with Crippen molar-refractivity contribution in [2.45, 2.75) is 6.92 Å². The molecule has 0 atom stereocenters. The second-order valence-electron chi connectivity index (χ2n) is 7.24. The fourth-order valence-electron chi connectivity index (χ4n) is 3.29. The van der Waals surface area contributed by atoms with Crippen LogP contribution in [0.15, 0.2) is 81.7 Å². The number of rotatable bonds is 4. The molecular formula is C24H18Br2N4O3. The lowest BCUT2D eigenvalue weighted by atomic mass is 10.2. The van der Waals surface area contributed by atoms with Gasteiger partial charge in [-0.3, -0.25) is 19.8 Å². The molecule has 3 N–H and O–H groups in total. The van der Waals surface area contributed by atoms with Gasteiger partial charge in [-0.1, -0.05) is 50.1 Å². The average Bonchev–Trinajstić information content (AvgIpc) is 3.13. The molecule has 0 radical (unpaired) electrons. The fourth-order valence-corrected chi connectivity index (χ4v) is 4.14. The Labute approximate surface area is 206 Å². The number of hydrogen-bond acceptors (Lipinski definition) is 3. The molecule has 0 aliphatic rings. The number of halogens is 2. The van der Waals surface area contributed by atoms with E-state index in [1.807, 2.05) is 25.1 Å². The van der Waals surface area contributed by atoms with Crippen molar-refractivity contribution in [1.29, 1.82) is 0 Å². The zero-order valence-electron chi connectivity index (χ0n) is 17.4. The number of para-hydroxylation sites is 1. The average molecular weight is 570 g/mol. The number of amides is 3. The number of aromatic nitrogens is 1. The lowest BCUT2D eigenvalue weighted by Crippen LogP contribution is -2.36. The topological polar surface area (TPSA) is 92.2 Å². The third-order valence-electron chi connectivity index (χ3n) is 4.88. The molecule has 1 aromatic heterocycles. The van der Waals surface area contributed by atoms with Crippen LogP contribution in [-0.4, -0.2) is 22.4 Å². The first-order valence-electron chi connectivity index (χ1n) is 9.88. The zero-order valence-corrected chi connectivity index (χ0v) is 20.5. The van der Waals surface area contributed by atoms with Crippen LogP contribution in [0.25, 0.3) is 10.9 Å². The Kier molecular flexibility index (Phi) is 6.62. The predicted octanol–water partition coefficient (Wildman–Crippen LogP) is 5.44. The third-order valence-corrected chi connectivity index (χ3v) is 5.87. The molecule has 0 bridgehead atoms. The van der Waals surface area contributed by atoms with Crippen LogP contribution < -0.4 is 16.1 Å². The van der Waals surface area contributed by atoms with E-state index >= 15 is 0 Å². The number of hydrogen-bond donors (Lipinski definition) is 3. The molecule has 0 saturated heterocycles. The van der Waals surface area contributed by atoms with Gasteiger partial charge in [-0.25, -0.2) is 4.68 Å². The second kappa shape index (κ2) is 9.60. The van der Waals surface area contributed by atoms with Crippen LogP contribution in [0, 0.1) is 6.92 Å². The van der Waals surface area contributed by atoms with E-state index in [4.69, 9.17) is 0 Å². The van der Waals surface area contributed by atoms with E-state index in [-0.39, 0.29) is 5.69 Å². The highest BCUT2D eigenvalue weighted by molar-refractivity contribution is 9.10. The number of nitrogens with one attached hydrogen (secondary N) is 3. The molecule has 3 aromatic carbocycles. The lowest BCUT2D eigenvalue weighted by molar-refractivity contribution is -0.133. The quantitative estimate of drug-likeness (QED) is 0.286. The summed E-state index contributed by atoms with van der Waals surface area (Å²) in [6, 6.07) is 21.2. The maximum Gasteiger partial charge on any atom is 0.328 e. The molecule has 0 aliphatic carbocycles. The summed E-state index contributed by atoms with van der Waals surface area (Å²) in [6.07, 6.45) is 0. The van der Waals surface area contributed by atoms with Gasteiger partial charge in [0.1, 0.15) is 5.69 Å². The highest BCUT2D eigenvalue weighted by Gasteiger charge is 2.21. The number of carbonyl (C=O) groups excluding carboxylic acids is 3. The fraction of sp³-hybridized carbons (Fsp3) is 0.0417. The number of nitrogens with zero attached hydrogens (tertiary/aromatic N) is 1. The Morgan fingerprint density at radius 2 is 1.48 bits per heavy atom. The summed E-state index contributed by atoms with van der Waals surface area (Å²) in [4.78, 5) is 38.3. The molecule has 33 heavy (non-hydrogen) atoms. The van der Waals surface area contributed by atoms with E-state index in [0.717, 1.165) is 14.5 Å². The Hall–Kier alpha value is -3.43. The molecule has 4 rings (SSSR count). The van der Waals surface area contributed by atoms with Gasteiger partial charge in [0.2, 0.25) is 0 Å². The molecule has 0 fully saturated rings. The summed E-state index contributed by atoms with van der Waals surface area (Å²) >= 11 is 6.83. The molecule has 0 unspecified atom stereocenters. The largest absolute Gasteiger partial charge is 0.328 e. The molecule has 9 heteroatoms. The highest BCUT2D eigenvalue weighted by Crippen LogP contribution is 2.25. The van der Waals surface area contributed by atoms with Crippen molar-refractivity contribution in [3.05, 3.63) is 93.0 Å². The molecule has 0 saturated carbocycles. The van der Waals surface area contributed by atoms with E-state index in [1.54, 1.807) is 54.6 Å². The molecule has 0 aliphatic heterocycles. The predicted molar refractivity (Wildman–Crippen MR) is 136 cm³/mol. The molecule has 0 spiro atoms. The van der Waals surface area contributed by atoms with E-state index in [0.29, 0.717) is 22.3 Å². The summed E-state index contributed by atoms with van der Waals surface area (Å²) in [5, 5.41) is 6.12. The minimum atomic E-state index is -0.909. The molecule has 3 amide bonds. The van der Waals surface area contributed by atoms with Crippen molar-refractivity contribution in [1.82, 2.24) is 4.68 Å². The van der Waals surface area contributed by atoms with Crippen LogP contribution in [0.5, 0.6) is 0 Å². The van der Waals surface area contributed by atoms with Crippen LogP contribution in [0.1, 0.15) is 16.1 Å². The first kappa shape index (κ1) is 22.8. The van der Waals surface area contributed by atoms with Gasteiger partial charge in [0, 0.05) is 25.7 Å². The smallest absolute Gasteiger partial charge is 0.320 e. The summed E-state index contributed by atoms with van der Waals surface area (Å²) in [5.41, 5.74) is 5.28. The van der Waals surface area contributed by atoms with Crippen LogP contribution in [0.3, 0.4) is 0 Å². The van der Waals surface area contributed by atoms with Crippen LogP contribution in [-0.2, 0) is 9.59 Å². The Bertz CT molecular complexity index is 1380. The molecule has 7 nitrogen and oxygen atoms in total. The standard InChI is InChI=1S/C24H18Br2N4O3/c1-14-11-16(25)7-9-19(14)28-22(31)21-13-15-12-17(26)8-10-20(15)30(21)29-24(33)23(32)27-18-5-3-2-4-6-18/h2-13H,1H3,(H,27,32)(H,28,31)(H,29,33). The van der Waals surface area contributed by atoms with Gasteiger partial charge >= 0.3 is 11.8 Å². The van der Waals surface area contributed by atoms with Gasteiger partial charge in [-0.2, -0.15) is 0 Å². The second-order valence-corrected chi connectivity index (χ2v) is 9.07. The minimum absolute atomic E-state index is 0.172. The monoisotopic (exact) mass is 568 g/mol. The van der Waals surface area contributed by atoms with Crippen molar-refractivity contribution in [2.75, 3.05) is 16.1 Å². The number of benzene rings is 3. The first-order valence-corrected chi connectivity index (χ1v) is 11.5. The summed E-state index contributed by atoms with van der Waals surface area (Å²) in [5.74, 6) is -2.19. The van der Waals surface area contributed by atoms with Gasteiger partial charge in [-0.05, 0) is 67.1 Å². The van der Waals surface area contributed by atoms with E-state index < -0.39 is 17.7 Å². The highest BCUT2D eigenvalue weighted by atomic mass is 79.9. The van der Waals surface area contributed by atoms with Crippen molar-refractivity contribution < 1.29 is 14.4 Å². The number of carbonyl (C=O) groups is 3. The Balaban J connectivity index is 1.65. The summed E-state index contributed by atoms with van der Waals surface area (Å²) < 4.78 is 3.03. The van der Waals surface area contributed by atoms with Gasteiger partial charge in [0.25, 0.3) is 5.91 Å². The van der Waals surface area contributed by atoms with Gasteiger partial charge in [0.15, 0.2) is 0 Å². The number of anilines is 2. The van der Waals surface area contributed by atoms with E-state index in [9.17, 15) is 14.4 Å². The van der Waals surface area contributed by atoms with Crippen molar-refractivity contribution in [3.8, 4) is 0 Å². The molecule has 1 heterocycles. The van der Waals surface area contributed by atoms with Gasteiger partial charge in [0.05, 0.1) is 5.52 Å². The van der Waals surface area contributed by atoms with Gasteiger partial charge < -0.3 is 10.6 Å². The first-order chi connectivity index (χ1) is 15.8. The normalized spacial score (nSPS) is 10.6. The zero-order chi connectivity index (χ0) is 23.5. The van der Waals surface area contributed by atoms with Crippen LogP contribution in [0.4, 0.5) is 11.4 Å². The summed E-state index contributed by atoms with van der Waals surface area (Å²) in [6.45, 7) is 1.88. The Morgan fingerprint density at radius 1 is 0.788 bits per heavy atom. The van der Waals surface area contributed by atoms with Crippen molar-refractivity contribution >= 4 is 71.9 Å². The molecular weight excluding hydrogens is 552 g/mol. The van der Waals surface area contributed by atoms with Crippen LogP contribution >= 0.6 is 31.9 Å². The maximum atomic E-state index is 13.2. The SMILES string of the molecule is Cc1cc(Br)ccc1NC(=O)c1cc2cc(Br)ccc2n1NC(=O)C(=O)Nc1ccccc1. The lowest BCUT2D eigenvalue weighted by Gasteiger charge is -2.13. The maximum absolute atomic E-state index is 13.2. The number of fused-ring (bicyclic) bond motifs is 1. The van der Waals surface area contributed by atoms with Crippen LogP contribution in [0.2, 0.25) is 0 Å². The molecule has 166 valence electrons. The third kappa shape index (κ3) is 5.15. The van der Waals surface area contributed by atoms with Crippen molar-refractivity contribution in [3.63, 3.8) is 0 Å².